The van der Waals surface area contributed by atoms with Crippen LogP contribution in [0.3, 0.4) is 0 Å². The standard InChI is InChI=1S/C15H17BrN2O3/c16-10-3-4-12-13(8-10)15(20)18(14(12)19)6-5-17-9-11-2-1-7-21-11/h3-4,8,11,17H,1-2,5-7,9H2. The van der Waals surface area contributed by atoms with E-state index in [4.69, 9.17) is 4.74 Å². The Hall–Kier alpha value is -1.24. The quantitative estimate of drug-likeness (QED) is 0.648. The molecule has 2 aliphatic heterocycles. The molecule has 0 aromatic heterocycles. The summed E-state index contributed by atoms with van der Waals surface area (Å²) in [4.78, 5) is 25.8. The third-order valence-corrected chi connectivity index (χ3v) is 4.33. The summed E-state index contributed by atoms with van der Waals surface area (Å²) in [6.07, 6.45) is 2.45. The molecule has 112 valence electrons. The predicted molar refractivity (Wildman–Crippen MR) is 81.4 cm³/mol. The van der Waals surface area contributed by atoms with Crippen molar-refractivity contribution in [2.75, 3.05) is 26.2 Å². The Bertz CT molecular complexity index is 570. The van der Waals surface area contributed by atoms with E-state index in [2.05, 4.69) is 21.2 Å². The topological polar surface area (TPSA) is 58.6 Å². The molecule has 21 heavy (non-hydrogen) atoms. The molecule has 0 saturated carbocycles. The Morgan fingerprint density at radius 3 is 2.86 bits per heavy atom. The maximum absolute atomic E-state index is 12.2. The third kappa shape index (κ3) is 3.02. The van der Waals surface area contributed by atoms with E-state index in [9.17, 15) is 9.59 Å². The summed E-state index contributed by atoms with van der Waals surface area (Å²) in [5, 5.41) is 3.25. The molecule has 1 atom stereocenters. The van der Waals surface area contributed by atoms with Crippen LogP contribution in [-0.4, -0.2) is 49.1 Å². The molecule has 0 bridgehead atoms. The van der Waals surface area contributed by atoms with Crippen molar-refractivity contribution < 1.29 is 14.3 Å². The summed E-state index contributed by atoms with van der Waals surface area (Å²) in [6, 6.07) is 5.18. The van der Waals surface area contributed by atoms with Crippen molar-refractivity contribution in [3.8, 4) is 0 Å². The van der Waals surface area contributed by atoms with Gasteiger partial charge in [-0.05, 0) is 31.0 Å². The van der Waals surface area contributed by atoms with Crippen LogP contribution < -0.4 is 5.32 Å². The molecule has 6 heteroatoms. The van der Waals surface area contributed by atoms with E-state index in [-0.39, 0.29) is 17.9 Å². The fraction of sp³-hybridized carbons (Fsp3) is 0.467. The lowest BCUT2D eigenvalue weighted by Crippen LogP contribution is -2.38. The fourth-order valence-corrected chi connectivity index (χ4v) is 3.09. The number of hydrogen-bond donors (Lipinski definition) is 1. The van der Waals surface area contributed by atoms with Gasteiger partial charge in [0.2, 0.25) is 0 Å². The number of nitrogens with zero attached hydrogens (tertiary/aromatic N) is 1. The summed E-state index contributed by atoms with van der Waals surface area (Å²) in [5.41, 5.74) is 0.968. The van der Waals surface area contributed by atoms with E-state index in [0.29, 0.717) is 24.2 Å². The molecule has 0 spiro atoms. The number of imide groups is 1. The Labute approximate surface area is 131 Å². The van der Waals surface area contributed by atoms with E-state index in [0.717, 1.165) is 30.5 Å². The molecule has 1 N–H and O–H groups in total. The van der Waals surface area contributed by atoms with Gasteiger partial charge in [0.05, 0.1) is 17.2 Å². The molecular weight excluding hydrogens is 336 g/mol. The predicted octanol–water partition coefficient (Wildman–Crippen LogP) is 1.81. The zero-order valence-electron chi connectivity index (χ0n) is 11.6. The summed E-state index contributed by atoms with van der Waals surface area (Å²) in [7, 11) is 0. The molecule has 1 saturated heterocycles. The molecule has 2 amide bonds. The first kappa shape index (κ1) is 14.7. The normalized spacial score (nSPS) is 21.2. The lowest BCUT2D eigenvalue weighted by Gasteiger charge is -2.15. The van der Waals surface area contributed by atoms with E-state index >= 15 is 0 Å². The molecule has 1 aromatic rings. The first-order valence-electron chi connectivity index (χ1n) is 7.15. The number of hydrogen-bond acceptors (Lipinski definition) is 4. The minimum atomic E-state index is -0.213. The van der Waals surface area contributed by atoms with Crippen LogP contribution in [0.4, 0.5) is 0 Å². The average molecular weight is 353 g/mol. The van der Waals surface area contributed by atoms with Gasteiger partial charge in [-0.15, -0.1) is 0 Å². The monoisotopic (exact) mass is 352 g/mol. The van der Waals surface area contributed by atoms with Gasteiger partial charge in [0.1, 0.15) is 0 Å². The van der Waals surface area contributed by atoms with Crippen molar-refractivity contribution in [1.82, 2.24) is 10.2 Å². The maximum Gasteiger partial charge on any atom is 0.261 e. The van der Waals surface area contributed by atoms with Crippen molar-refractivity contribution in [1.29, 1.82) is 0 Å². The first-order valence-corrected chi connectivity index (χ1v) is 7.94. The highest BCUT2D eigenvalue weighted by atomic mass is 79.9. The molecule has 0 aliphatic carbocycles. The van der Waals surface area contributed by atoms with Crippen LogP contribution >= 0.6 is 15.9 Å². The first-order chi connectivity index (χ1) is 10.2. The highest BCUT2D eigenvalue weighted by Crippen LogP contribution is 2.25. The third-order valence-electron chi connectivity index (χ3n) is 3.84. The number of nitrogens with one attached hydrogen (secondary N) is 1. The van der Waals surface area contributed by atoms with Crippen LogP contribution in [0.1, 0.15) is 33.6 Å². The number of rotatable bonds is 5. The van der Waals surface area contributed by atoms with E-state index in [1.54, 1.807) is 18.2 Å². The lowest BCUT2D eigenvalue weighted by atomic mass is 10.1. The maximum atomic E-state index is 12.2. The Balaban J connectivity index is 1.55. The van der Waals surface area contributed by atoms with Gasteiger partial charge in [-0.1, -0.05) is 15.9 Å². The van der Waals surface area contributed by atoms with Gasteiger partial charge in [-0.3, -0.25) is 14.5 Å². The smallest absolute Gasteiger partial charge is 0.261 e. The minimum absolute atomic E-state index is 0.207. The molecule has 1 aromatic carbocycles. The Morgan fingerprint density at radius 1 is 1.29 bits per heavy atom. The summed E-state index contributed by atoms with van der Waals surface area (Å²) >= 11 is 3.33. The number of amides is 2. The van der Waals surface area contributed by atoms with Crippen molar-refractivity contribution >= 4 is 27.7 Å². The highest BCUT2D eigenvalue weighted by molar-refractivity contribution is 9.10. The number of fused-ring (bicyclic) bond motifs is 1. The van der Waals surface area contributed by atoms with Crippen molar-refractivity contribution in [2.45, 2.75) is 18.9 Å². The molecular formula is C15H17BrN2O3. The summed E-state index contributed by atoms with van der Waals surface area (Å²) < 4.78 is 6.32. The second kappa shape index (κ2) is 6.25. The van der Waals surface area contributed by atoms with Gasteiger partial charge in [0.15, 0.2) is 0 Å². The molecule has 0 radical (unpaired) electrons. The molecule has 3 rings (SSSR count). The van der Waals surface area contributed by atoms with Gasteiger partial charge >= 0.3 is 0 Å². The Kier molecular flexibility index (Phi) is 4.37. The lowest BCUT2D eigenvalue weighted by molar-refractivity contribution is 0.0652. The van der Waals surface area contributed by atoms with Gasteiger partial charge < -0.3 is 10.1 Å². The van der Waals surface area contributed by atoms with Crippen molar-refractivity contribution in [3.05, 3.63) is 33.8 Å². The minimum Gasteiger partial charge on any atom is -0.377 e. The van der Waals surface area contributed by atoms with Crippen molar-refractivity contribution in [3.63, 3.8) is 0 Å². The van der Waals surface area contributed by atoms with Crippen LogP contribution in [0.2, 0.25) is 0 Å². The van der Waals surface area contributed by atoms with Crippen molar-refractivity contribution in [2.24, 2.45) is 0 Å². The number of carbonyl (C=O) groups is 2. The second-order valence-electron chi connectivity index (χ2n) is 5.29. The van der Waals surface area contributed by atoms with Gasteiger partial charge in [0, 0.05) is 30.7 Å². The number of halogens is 1. The van der Waals surface area contributed by atoms with E-state index in [1.165, 1.54) is 4.90 Å². The van der Waals surface area contributed by atoms with Gasteiger partial charge in [0.25, 0.3) is 11.8 Å². The van der Waals surface area contributed by atoms with E-state index < -0.39 is 0 Å². The zero-order chi connectivity index (χ0) is 14.8. The van der Waals surface area contributed by atoms with Crippen LogP contribution in [0.15, 0.2) is 22.7 Å². The average Bonchev–Trinajstić information content (AvgIpc) is 3.06. The Morgan fingerprint density at radius 2 is 2.10 bits per heavy atom. The number of carbonyl (C=O) groups excluding carboxylic acids is 2. The molecule has 2 heterocycles. The van der Waals surface area contributed by atoms with E-state index in [1.807, 2.05) is 0 Å². The van der Waals surface area contributed by atoms with Crippen LogP contribution in [0, 0.1) is 0 Å². The molecule has 5 nitrogen and oxygen atoms in total. The number of ether oxygens (including phenoxy) is 1. The van der Waals surface area contributed by atoms with Gasteiger partial charge in [-0.2, -0.15) is 0 Å². The SMILES string of the molecule is O=C1c2ccc(Br)cc2C(=O)N1CCNCC1CCCO1. The fourth-order valence-electron chi connectivity index (χ4n) is 2.73. The largest absolute Gasteiger partial charge is 0.377 e. The number of benzene rings is 1. The van der Waals surface area contributed by atoms with Crippen LogP contribution in [0.25, 0.3) is 0 Å². The van der Waals surface area contributed by atoms with Crippen LogP contribution in [0.5, 0.6) is 0 Å². The molecule has 1 unspecified atom stereocenters. The highest BCUT2D eigenvalue weighted by Gasteiger charge is 2.35. The van der Waals surface area contributed by atoms with Crippen LogP contribution in [-0.2, 0) is 4.74 Å². The zero-order valence-corrected chi connectivity index (χ0v) is 13.2. The second-order valence-corrected chi connectivity index (χ2v) is 6.21. The summed E-state index contributed by atoms with van der Waals surface area (Å²) in [6.45, 7) is 2.58. The summed E-state index contributed by atoms with van der Waals surface area (Å²) in [5.74, 6) is -0.420. The molecule has 2 aliphatic rings. The molecule has 1 fully saturated rings. The van der Waals surface area contributed by atoms with Gasteiger partial charge in [-0.25, -0.2) is 0 Å².